The first-order chi connectivity index (χ1) is 12.9. The van der Waals surface area contributed by atoms with Gasteiger partial charge in [-0.2, -0.15) is 0 Å². The van der Waals surface area contributed by atoms with Gasteiger partial charge >= 0.3 is 0 Å². The van der Waals surface area contributed by atoms with Crippen molar-refractivity contribution in [2.24, 2.45) is 0 Å². The first kappa shape index (κ1) is 18.9. The predicted molar refractivity (Wildman–Crippen MR) is 110 cm³/mol. The predicted octanol–water partition coefficient (Wildman–Crippen LogP) is 3.87. The number of carbonyl (C=O) groups excluding carboxylic acids is 1. The number of nitrogens with one attached hydrogen (secondary N) is 2. The molecule has 2 aromatic carbocycles. The average molecular weight is 402 g/mol. The molecule has 0 fully saturated rings. The Morgan fingerprint density at radius 2 is 1.63 bits per heavy atom. The van der Waals surface area contributed by atoms with E-state index in [9.17, 15) is 13.2 Å². The van der Waals surface area contributed by atoms with Crippen molar-refractivity contribution < 1.29 is 13.2 Å². The molecular formula is C19H19N3O3S2. The lowest BCUT2D eigenvalue weighted by Gasteiger charge is -2.13. The maximum absolute atomic E-state index is 12.6. The third-order valence-electron chi connectivity index (χ3n) is 3.81. The van der Waals surface area contributed by atoms with E-state index in [4.69, 9.17) is 0 Å². The van der Waals surface area contributed by atoms with Crippen LogP contribution in [0.3, 0.4) is 0 Å². The van der Waals surface area contributed by atoms with Crippen molar-refractivity contribution in [2.75, 3.05) is 29.0 Å². The van der Waals surface area contributed by atoms with E-state index < -0.39 is 10.0 Å². The summed E-state index contributed by atoms with van der Waals surface area (Å²) >= 11 is 1.17. The molecular weight excluding hydrogens is 382 g/mol. The monoisotopic (exact) mass is 401 g/mol. The Kier molecular flexibility index (Phi) is 5.48. The van der Waals surface area contributed by atoms with E-state index in [2.05, 4.69) is 10.0 Å². The standard InChI is InChI=1S/C19H19N3O3S2/c1-22(2)15-10-8-14(9-11-15)20-19(23)18-17(12-13-26-18)21-27(24,25)16-6-4-3-5-7-16/h3-13,21H,1-2H3,(H,20,23). The Bertz CT molecular complexity index is 1030. The van der Waals surface area contributed by atoms with E-state index in [1.54, 1.807) is 41.8 Å². The van der Waals surface area contributed by atoms with Crippen LogP contribution in [0.25, 0.3) is 0 Å². The zero-order valence-electron chi connectivity index (χ0n) is 14.8. The second-order valence-corrected chi connectivity index (χ2v) is 8.58. The number of hydrogen-bond acceptors (Lipinski definition) is 5. The van der Waals surface area contributed by atoms with Gasteiger partial charge in [-0.3, -0.25) is 9.52 Å². The molecule has 0 saturated heterocycles. The van der Waals surface area contributed by atoms with Crippen LogP contribution in [0.4, 0.5) is 17.1 Å². The van der Waals surface area contributed by atoms with Crippen molar-refractivity contribution in [3.8, 4) is 0 Å². The first-order valence-corrected chi connectivity index (χ1v) is 10.5. The van der Waals surface area contributed by atoms with Crippen LogP contribution in [0.2, 0.25) is 0 Å². The van der Waals surface area contributed by atoms with Crippen LogP contribution in [-0.4, -0.2) is 28.4 Å². The summed E-state index contributed by atoms with van der Waals surface area (Å²) in [6.45, 7) is 0. The number of rotatable bonds is 6. The molecule has 0 aliphatic rings. The maximum Gasteiger partial charge on any atom is 0.267 e. The smallest absolute Gasteiger partial charge is 0.267 e. The lowest BCUT2D eigenvalue weighted by molar-refractivity contribution is 0.103. The van der Waals surface area contributed by atoms with Crippen molar-refractivity contribution in [1.29, 1.82) is 0 Å². The molecule has 1 aromatic heterocycles. The SMILES string of the molecule is CN(C)c1ccc(NC(=O)c2sccc2NS(=O)(=O)c2ccccc2)cc1. The van der Waals surface area contributed by atoms with Crippen molar-refractivity contribution in [3.63, 3.8) is 0 Å². The van der Waals surface area contributed by atoms with E-state index in [1.165, 1.54) is 23.5 Å². The molecule has 1 heterocycles. The van der Waals surface area contributed by atoms with E-state index in [0.717, 1.165) is 5.69 Å². The molecule has 0 aliphatic heterocycles. The highest BCUT2D eigenvalue weighted by atomic mass is 32.2. The number of amides is 1. The normalized spacial score (nSPS) is 11.0. The summed E-state index contributed by atoms with van der Waals surface area (Å²) in [6, 6.07) is 17.0. The highest BCUT2D eigenvalue weighted by Gasteiger charge is 2.20. The van der Waals surface area contributed by atoms with Crippen molar-refractivity contribution >= 4 is 44.3 Å². The fourth-order valence-electron chi connectivity index (χ4n) is 2.40. The topological polar surface area (TPSA) is 78.5 Å². The lowest BCUT2D eigenvalue weighted by atomic mass is 10.2. The minimum Gasteiger partial charge on any atom is -0.378 e. The van der Waals surface area contributed by atoms with Crippen LogP contribution in [0, 0.1) is 0 Å². The molecule has 2 N–H and O–H groups in total. The Balaban J connectivity index is 1.77. The van der Waals surface area contributed by atoms with Crippen molar-refractivity contribution in [2.45, 2.75) is 4.90 Å². The summed E-state index contributed by atoms with van der Waals surface area (Å²) in [4.78, 5) is 15.0. The van der Waals surface area contributed by atoms with Crippen LogP contribution < -0.4 is 14.9 Å². The van der Waals surface area contributed by atoms with Crippen molar-refractivity contribution in [3.05, 3.63) is 70.9 Å². The third-order valence-corrected chi connectivity index (χ3v) is 6.11. The minimum atomic E-state index is -3.76. The van der Waals surface area contributed by atoms with Gasteiger partial charge in [-0.05, 0) is 47.8 Å². The van der Waals surface area contributed by atoms with Gasteiger partial charge < -0.3 is 10.2 Å². The molecule has 6 nitrogen and oxygen atoms in total. The Labute approximate surface area is 162 Å². The van der Waals surface area contributed by atoms with Crippen LogP contribution in [-0.2, 0) is 10.0 Å². The van der Waals surface area contributed by atoms with Gasteiger partial charge in [0.2, 0.25) is 0 Å². The molecule has 3 rings (SSSR count). The number of hydrogen-bond donors (Lipinski definition) is 2. The van der Waals surface area contributed by atoms with E-state index in [0.29, 0.717) is 10.6 Å². The van der Waals surface area contributed by atoms with E-state index in [1.807, 2.05) is 31.1 Å². The van der Waals surface area contributed by atoms with Gasteiger partial charge in [0.15, 0.2) is 0 Å². The molecule has 0 saturated carbocycles. The fourth-order valence-corrected chi connectivity index (χ4v) is 4.30. The number of benzene rings is 2. The van der Waals surface area contributed by atoms with E-state index in [-0.39, 0.29) is 16.5 Å². The van der Waals surface area contributed by atoms with Crippen LogP contribution in [0.1, 0.15) is 9.67 Å². The highest BCUT2D eigenvalue weighted by molar-refractivity contribution is 7.92. The zero-order chi connectivity index (χ0) is 19.4. The number of carbonyl (C=O) groups is 1. The van der Waals surface area contributed by atoms with Gasteiger partial charge in [0, 0.05) is 25.5 Å². The van der Waals surface area contributed by atoms with Gasteiger partial charge in [0.1, 0.15) is 4.88 Å². The highest BCUT2D eigenvalue weighted by Crippen LogP contribution is 2.26. The first-order valence-electron chi connectivity index (χ1n) is 8.11. The van der Waals surface area contributed by atoms with E-state index >= 15 is 0 Å². The number of nitrogens with zero attached hydrogens (tertiary/aromatic N) is 1. The number of anilines is 3. The molecule has 0 atom stereocenters. The molecule has 27 heavy (non-hydrogen) atoms. The number of sulfonamides is 1. The molecule has 140 valence electrons. The summed E-state index contributed by atoms with van der Waals surface area (Å²) in [5.74, 6) is -0.367. The van der Waals surface area contributed by atoms with Crippen LogP contribution >= 0.6 is 11.3 Å². The lowest BCUT2D eigenvalue weighted by Crippen LogP contribution is -2.17. The average Bonchev–Trinajstić information content (AvgIpc) is 3.10. The Morgan fingerprint density at radius 3 is 2.26 bits per heavy atom. The Morgan fingerprint density at radius 1 is 0.963 bits per heavy atom. The quantitative estimate of drug-likeness (QED) is 0.657. The molecule has 0 radical (unpaired) electrons. The second kappa shape index (κ2) is 7.81. The molecule has 3 aromatic rings. The maximum atomic E-state index is 12.6. The third kappa shape index (κ3) is 4.47. The summed E-state index contributed by atoms with van der Waals surface area (Å²) in [7, 11) is 0.114. The van der Waals surface area contributed by atoms with Crippen LogP contribution in [0.15, 0.2) is 70.9 Å². The molecule has 0 aliphatic carbocycles. The number of thiophene rings is 1. The second-order valence-electron chi connectivity index (χ2n) is 5.98. The summed E-state index contributed by atoms with van der Waals surface area (Å²) < 4.78 is 27.5. The summed E-state index contributed by atoms with van der Waals surface area (Å²) in [6.07, 6.45) is 0. The van der Waals surface area contributed by atoms with Gasteiger partial charge in [0.05, 0.1) is 10.6 Å². The summed E-state index contributed by atoms with van der Waals surface area (Å²) in [5, 5.41) is 4.47. The molecule has 0 spiro atoms. The van der Waals surface area contributed by atoms with Gasteiger partial charge in [0.25, 0.3) is 15.9 Å². The fraction of sp³-hybridized carbons (Fsp3) is 0.105. The zero-order valence-corrected chi connectivity index (χ0v) is 16.5. The van der Waals surface area contributed by atoms with Crippen LogP contribution in [0.5, 0.6) is 0 Å². The van der Waals surface area contributed by atoms with Gasteiger partial charge in [-0.25, -0.2) is 8.42 Å². The Hall–Kier alpha value is -2.84. The summed E-state index contributed by atoms with van der Waals surface area (Å²) in [5.41, 5.74) is 1.91. The largest absolute Gasteiger partial charge is 0.378 e. The van der Waals surface area contributed by atoms with Crippen molar-refractivity contribution in [1.82, 2.24) is 0 Å². The van der Waals surface area contributed by atoms with Gasteiger partial charge in [-0.15, -0.1) is 11.3 Å². The minimum absolute atomic E-state index is 0.141. The molecule has 0 bridgehead atoms. The van der Waals surface area contributed by atoms with Gasteiger partial charge in [-0.1, -0.05) is 18.2 Å². The molecule has 0 unspecified atom stereocenters. The molecule has 8 heteroatoms. The molecule has 1 amide bonds.